The first-order valence-electron chi connectivity index (χ1n) is 9.92. The molecule has 2 rings (SSSR count). The van der Waals surface area contributed by atoms with Crippen LogP contribution in [0, 0.1) is 6.92 Å². The van der Waals surface area contributed by atoms with Gasteiger partial charge in [0.25, 0.3) is 10.0 Å². The molecule has 0 aliphatic carbocycles. The lowest BCUT2D eigenvalue weighted by atomic mass is 10.1. The molecular weight excluding hydrogens is 408 g/mol. The second kappa shape index (κ2) is 10.6. The van der Waals surface area contributed by atoms with Crippen LogP contribution in [-0.4, -0.2) is 22.6 Å². The Labute approximate surface area is 174 Å². The Morgan fingerprint density at radius 2 is 1.21 bits per heavy atom. The molecular formula is C21H30N2O4S2. The van der Waals surface area contributed by atoms with Gasteiger partial charge < -0.3 is 0 Å². The Morgan fingerprint density at radius 3 is 1.79 bits per heavy atom. The highest BCUT2D eigenvalue weighted by Crippen LogP contribution is 2.19. The number of benzene rings is 2. The van der Waals surface area contributed by atoms with E-state index < -0.39 is 20.0 Å². The first kappa shape index (κ1) is 23.2. The van der Waals surface area contributed by atoms with Crippen molar-refractivity contribution < 1.29 is 16.8 Å². The molecule has 0 aliphatic heterocycles. The Balaban J connectivity index is 1.90. The van der Waals surface area contributed by atoms with Crippen molar-refractivity contribution in [2.24, 2.45) is 0 Å². The molecule has 0 amide bonds. The summed E-state index contributed by atoms with van der Waals surface area (Å²) in [5, 5.41) is 0. The molecule has 0 aliphatic rings. The van der Waals surface area contributed by atoms with Gasteiger partial charge in [0, 0.05) is 11.4 Å². The van der Waals surface area contributed by atoms with Crippen LogP contribution in [0.15, 0.2) is 53.4 Å². The monoisotopic (exact) mass is 438 g/mol. The van der Waals surface area contributed by atoms with Gasteiger partial charge in [-0.15, -0.1) is 0 Å². The van der Waals surface area contributed by atoms with E-state index in [1.54, 1.807) is 36.4 Å². The van der Waals surface area contributed by atoms with Crippen molar-refractivity contribution in [1.29, 1.82) is 0 Å². The second-order valence-corrected chi connectivity index (χ2v) is 10.7. The van der Waals surface area contributed by atoms with E-state index in [1.165, 1.54) is 18.6 Å². The minimum absolute atomic E-state index is 0.0843. The lowest BCUT2D eigenvalue weighted by molar-refractivity contribution is 0.587. The smallest absolute Gasteiger partial charge is 0.261 e. The lowest BCUT2D eigenvalue weighted by Crippen LogP contribution is -2.17. The summed E-state index contributed by atoms with van der Waals surface area (Å²) in [6, 6.07) is 12.7. The number of hydrogen-bond donors (Lipinski definition) is 2. The fourth-order valence-electron chi connectivity index (χ4n) is 2.84. The number of anilines is 2. The molecule has 0 saturated carbocycles. The molecule has 0 unspecified atom stereocenters. The Morgan fingerprint density at radius 1 is 0.690 bits per heavy atom. The largest absolute Gasteiger partial charge is 0.284 e. The van der Waals surface area contributed by atoms with Gasteiger partial charge in [-0.1, -0.05) is 56.7 Å². The van der Waals surface area contributed by atoms with Crippen molar-refractivity contribution in [3.05, 3.63) is 54.1 Å². The van der Waals surface area contributed by atoms with Gasteiger partial charge >= 0.3 is 0 Å². The van der Waals surface area contributed by atoms with E-state index in [9.17, 15) is 16.8 Å². The molecule has 0 heterocycles. The zero-order chi connectivity index (χ0) is 21.3. The fourth-order valence-corrected chi connectivity index (χ4v) is 5.08. The zero-order valence-electron chi connectivity index (χ0n) is 17.0. The maximum atomic E-state index is 12.4. The van der Waals surface area contributed by atoms with Crippen molar-refractivity contribution in [1.82, 2.24) is 0 Å². The molecule has 2 aromatic rings. The van der Waals surface area contributed by atoms with Gasteiger partial charge in [0.2, 0.25) is 10.0 Å². The van der Waals surface area contributed by atoms with Gasteiger partial charge in [0.15, 0.2) is 0 Å². The number of rotatable bonds is 12. The van der Waals surface area contributed by atoms with Gasteiger partial charge in [-0.05, 0) is 49.7 Å². The van der Waals surface area contributed by atoms with Crippen LogP contribution < -0.4 is 9.44 Å². The quantitative estimate of drug-likeness (QED) is 0.461. The van der Waals surface area contributed by atoms with Gasteiger partial charge in [-0.25, -0.2) is 16.8 Å². The molecule has 0 radical (unpaired) electrons. The number of nitrogens with one attached hydrogen (secondary N) is 2. The molecule has 160 valence electrons. The van der Waals surface area contributed by atoms with E-state index in [2.05, 4.69) is 16.4 Å². The number of unbranched alkanes of at least 4 members (excludes halogenated alkanes) is 5. The average molecular weight is 439 g/mol. The third kappa shape index (κ3) is 8.06. The normalized spacial score (nSPS) is 11.9. The van der Waals surface area contributed by atoms with Gasteiger partial charge in [0.05, 0.1) is 10.6 Å². The summed E-state index contributed by atoms with van der Waals surface area (Å²) in [5.41, 5.74) is 1.75. The Kier molecular flexibility index (Phi) is 8.52. The average Bonchev–Trinajstić information content (AvgIpc) is 2.66. The Hall–Kier alpha value is -2.06. The topological polar surface area (TPSA) is 92.3 Å². The predicted octanol–water partition coefficient (Wildman–Crippen LogP) is 4.90. The zero-order valence-corrected chi connectivity index (χ0v) is 18.7. The molecule has 29 heavy (non-hydrogen) atoms. The summed E-state index contributed by atoms with van der Waals surface area (Å²) in [7, 11) is -7.10. The molecule has 2 aromatic carbocycles. The van der Waals surface area contributed by atoms with E-state index in [0.717, 1.165) is 31.2 Å². The summed E-state index contributed by atoms with van der Waals surface area (Å²) in [5.74, 6) is 0.0843. The van der Waals surface area contributed by atoms with Gasteiger partial charge in [-0.3, -0.25) is 9.44 Å². The number of aryl methyl sites for hydroxylation is 1. The molecule has 0 atom stereocenters. The maximum absolute atomic E-state index is 12.4. The number of sulfonamides is 2. The first-order valence-corrected chi connectivity index (χ1v) is 13.1. The summed E-state index contributed by atoms with van der Waals surface area (Å²) in [4.78, 5) is 0.173. The van der Waals surface area contributed by atoms with Crippen LogP contribution in [0.2, 0.25) is 0 Å². The summed E-state index contributed by atoms with van der Waals surface area (Å²) < 4.78 is 54.3. The predicted molar refractivity (Wildman–Crippen MR) is 119 cm³/mol. The molecule has 0 aromatic heterocycles. The molecule has 0 bridgehead atoms. The highest BCUT2D eigenvalue weighted by Gasteiger charge is 2.14. The molecule has 8 heteroatoms. The van der Waals surface area contributed by atoms with E-state index in [1.807, 2.05) is 6.92 Å². The van der Waals surface area contributed by atoms with Crippen molar-refractivity contribution in [2.75, 3.05) is 15.2 Å². The summed E-state index contributed by atoms with van der Waals surface area (Å²) in [6.45, 7) is 4.03. The Bertz CT molecular complexity index is 968. The van der Waals surface area contributed by atoms with Crippen LogP contribution in [0.3, 0.4) is 0 Å². The van der Waals surface area contributed by atoms with Crippen molar-refractivity contribution in [2.45, 2.75) is 57.3 Å². The maximum Gasteiger partial charge on any atom is 0.261 e. The standard InChI is InChI=1S/C21H30N2O4S2/c1-3-4-5-6-7-8-17-28(24,25)22-19-11-13-20(14-12-19)23-29(26,27)21-15-9-18(2)10-16-21/h9-16,22-23H,3-8,17H2,1-2H3. The van der Waals surface area contributed by atoms with Crippen LogP contribution in [0.4, 0.5) is 11.4 Å². The van der Waals surface area contributed by atoms with E-state index in [0.29, 0.717) is 17.8 Å². The summed E-state index contributed by atoms with van der Waals surface area (Å²) >= 11 is 0. The third-order valence-electron chi connectivity index (χ3n) is 4.51. The van der Waals surface area contributed by atoms with Crippen molar-refractivity contribution in [3.8, 4) is 0 Å². The third-order valence-corrected chi connectivity index (χ3v) is 7.28. The van der Waals surface area contributed by atoms with Crippen LogP contribution in [0.25, 0.3) is 0 Å². The van der Waals surface area contributed by atoms with Crippen LogP contribution >= 0.6 is 0 Å². The fraction of sp³-hybridized carbons (Fsp3) is 0.429. The first-order chi connectivity index (χ1) is 13.7. The highest BCUT2D eigenvalue weighted by molar-refractivity contribution is 7.93. The highest BCUT2D eigenvalue weighted by atomic mass is 32.2. The summed E-state index contributed by atoms with van der Waals surface area (Å²) in [6.07, 6.45) is 6.08. The molecule has 6 nitrogen and oxygen atoms in total. The van der Waals surface area contributed by atoms with Crippen molar-refractivity contribution >= 4 is 31.4 Å². The van der Waals surface area contributed by atoms with Crippen molar-refractivity contribution in [3.63, 3.8) is 0 Å². The lowest BCUT2D eigenvalue weighted by Gasteiger charge is -2.11. The minimum atomic E-state index is -3.69. The molecule has 0 saturated heterocycles. The van der Waals surface area contributed by atoms with Crippen LogP contribution in [-0.2, 0) is 20.0 Å². The van der Waals surface area contributed by atoms with Crippen LogP contribution in [0.5, 0.6) is 0 Å². The van der Waals surface area contributed by atoms with E-state index in [4.69, 9.17) is 0 Å². The minimum Gasteiger partial charge on any atom is -0.284 e. The number of hydrogen-bond acceptors (Lipinski definition) is 4. The molecule has 0 fully saturated rings. The molecule has 2 N–H and O–H groups in total. The molecule has 0 spiro atoms. The second-order valence-electron chi connectivity index (χ2n) is 7.18. The van der Waals surface area contributed by atoms with Crippen LogP contribution in [0.1, 0.15) is 51.0 Å². The van der Waals surface area contributed by atoms with E-state index >= 15 is 0 Å². The SMILES string of the molecule is CCCCCCCCS(=O)(=O)Nc1ccc(NS(=O)(=O)c2ccc(C)cc2)cc1. The van der Waals surface area contributed by atoms with Gasteiger partial charge in [0.1, 0.15) is 0 Å². The van der Waals surface area contributed by atoms with E-state index in [-0.39, 0.29) is 10.6 Å². The van der Waals surface area contributed by atoms with Gasteiger partial charge in [-0.2, -0.15) is 0 Å².